The van der Waals surface area contributed by atoms with Crippen LogP contribution in [0.1, 0.15) is 17.8 Å². The molecule has 1 atom stereocenters. The number of aromatic nitrogens is 1. The number of aryl methyl sites for hydroxylation is 1. The summed E-state index contributed by atoms with van der Waals surface area (Å²) in [6.07, 6.45) is 2.10. The zero-order chi connectivity index (χ0) is 17.2. The average Bonchev–Trinajstić information content (AvgIpc) is 3.02. The van der Waals surface area contributed by atoms with E-state index in [-0.39, 0.29) is 6.09 Å². The third-order valence-corrected chi connectivity index (χ3v) is 6.10. The molecule has 4 heterocycles. The molecule has 0 saturated carbocycles. The van der Waals surface area contributed by atoms with E-state index in [0.29, 0.717) is 18.4 Å². The van der Waals surface area contributed by atoms with Gasteiger partial charge in [0, 0.05) is 18.0 Å². The number of ether oxygens (including phenoxy) is 1. The fraction of sp³-hybridized carbons (Fsp3) is 0.474. The van der Waals surface area contributed by atoms with Crippen molar-refractivity contribution in [2.45, 2.75) is 19.8 Å². The summed E-state index contributed by atoms with van der Waals surface area (Å²) in [6.45, 7) is 5.92. The molecule has 25 heavy (non-hydrogen) atoms. The highest BCUT2D eigenvalue weighted by atomic mass is 32.1. The molecule has 1 amide bonds. The van der Waals surface area contributed by atoms with Gasteiger partial charge in [0.05, 0.1) is 11.6 Å². The Hall–Kier alpha value is -1.92. The molecule has 3 aliphatic rings. The first-order chi connectivity index (χ1) is 12.2. The normalized spacial score (nSPS) is 24.9. The number of fused-ring (bicyclic) bond motifs is 3. The number of hydrogen-bond donors (Lipinski definition) is 1. The van der Waals surface area contributed by atoms with Gasteiger partial charge in [-0.2, -0.15) is 0 Å². The monoisotopic (exact) mass is 357 g/mol. The lowest BCUT2D eigenvalue weighted by atomic mass is 9.79. The molecule has 6 heteroatoms. The number of hydrogen-bond acceptors (Lipinski definition) is 5. The number of anilines is 1. The lowest BCUT2D eigenvalue weighted by molar-refractivity contribution is 0.0151. The Bertz CT molecular complexity index is 738. The summed E-state index contributed by atoms with van der Waals surface area (Å²) >= 11 is 1.48. The number of carbonyl (C=O) groups excluding carboxylic acids is 1. The summed E-state index contributed by atoms with van der Waals surface area (Å²) in [5.41, 5.74) is 1.81. The molecule has 5 nitrogen and oxygen atoms in total. The lowest BCUT2D eigenvalue weighted by Gasteiger charge is -2.44. The van der Waals surface area contributed by atoms with E-state index in [4.69, 9.17) is 4.74 Å². The smallest absolute Gasteiger partial charge is 0.412 e. The van der Waals surface area contributed by atoms with Crippen LogP contribution in [-0.4, -0.2) is 42.2 Å². The Morgan fingerprint density at radius 2 is 2.08 bits per heavy atom. The molecule has 0 radical (unpaired) electrons. The van der Waals surface area contributed by atoms with Crippen molar-refractivity contribution in [2.24, 2.45) is 11.8 Å². The van der Waals surface area contributed by atoms with E-state index in [1.165, 1.54) is 37.3 Å². The van der Waals surface area contributed by atoms with E-state index >= 15 is 0 Å². The number of amides is 1. The predicted octanol–water partition coefficient (Wildman–Crippen LogP) is 4.01. The number of nitrogens with zero attached hydrogens (tertiary/aromatic N) is 2. The van der Waals surface area contributed by atoms with Gasteiger partial charge in [0.1, 0.15) is 10.7 Å². The molecule has 1 aromatic carbocycles. The van der Waals surface area contributed by atoms with Crippen LogP contribution in [0.4, 0.5) is 9.80 Å². The molecule has 2 bridgehead atoms. The highest BCUT2D eigenvalue weighted by molar-refractivity contribution is 7.16. The molecule has 3 fully saturated rings. The topological polar surface area (TPSA) is 54.5 Å². The van der Waals surface area contributed by atoms with Crippen molar-refractivity contribution in [3.8, 4) is 11.3 Å². The molecule has 1 unspecified atom stereocenters. The number of nitrogens with one attached hydrogen (secondary N) is 1. The van der Waals surface area contributed by atoms with Crippen molar-refractivity contribution in [1.29, 1.82) is 0 Å². The van der Waals surface area contributed by atoms with Crippen LogP contribution < -0.4 is 5.32 Å². The fourth-order valence-electron chi connectivity index (χ4n) is 3.89. The summed E-state index contributed by atoms with van der Waals surface area (Å²) in [7, 11) is 0. The van der Waals surface area contributed by atoms with E-state index in [2.05, 4.69) is 15.2 Å². The number of thiazole rings is 1. The van der Waals surface area contributed by atoms with Crippen LogP contribution >= 0.6 is 11.3 Å². The maximum absolute atomic E-state index is 12.3. The molecule has 1 aromatic heterocycles. The predicted molar refractivity (Wildman–Crippen MR) is 99.9 cm³/mol. The van der Waals surface area contributed by atoms with E-state index < -0.39 is 0 Å². The van der Waals surface area contributed by atoms with Gasteiger partial charge in [0.25, 0.3) is 0 Å². The first-order valence-electron chi connectivity index (χ1n) is 8.88. The minimum absolute atomic E-state index is 0.378. The van der Waals surface area contributed by atoms with Gasteiger partial charge in [-0.1, -0.05) is 30.3 Å². The number of piperidine rings is 3. The van der Waals surface area contributed by atoms with Gasteiger partial charge < -0.3 is 9.64 Å². The van der Waals surface area contributed by atoms with Crippen molar-refractivity contribution in [2.75, 3.05) is 31.6 Å². The summed E-state index contributed by atoms with van der Waals surface area (Å²) < 4.78 is 5.54. The first-order valence-corrected chi connectivity index (χ1v) is 9.69. The molecule has 3 saturated heterocycles. The quantitative estimate of drug-likeness (QED) is 0.898. The highest BCUT2D eigenvalue weighted by Gasteiger charge is 2.34. The van der Waals surface area contributed by atoms with Crippen molar-refractivity contribution in [3.05, 3.63) is 35.3 Å². The van der Waals surface area contributed by atoms with Gasteiger partial charge in [-0.05, 0) is 38.8 Å². The third-order valence-electron chi connectivity index (χ3n) is 5.22. The van der Waals surface area contributed by atoms with Gasteiger partial charge in [0.2, 0.25) is 0 Å². The number of carbonyl (C=O) groups is 1. The second kappa shape index (κ2) is 7.14. The summed E-state index contributed by atoms with van der Waals surface area (Å²) in [4.78, 5) is 19.3. The molecule has 5 rings (SSSR count). The molecule has 0 spiro atoms. The molecule has 2 aromatic rings. The van der Waals surface area contributed by atoms with Crippen LogP contribution in [-0.2, 0) is 4.74 Å². The fourth-order valence-corrected chi connectivity index (χ4v) is 4.72. The standard InChI is InChI=1S/C19H23N3O2S/c1-13-20-17(15-5-3-2-4-6-15)18(25-13)21-19(23)24-12-16-11-22-9-7-14(16)8-10-22/h2-6,14,16H,7-12H2,1H3,(H,21,23). The minimum atomic E-state index is -0.378. The summed E-state index contributed by atoms with van der Waals surface area (Å²) in [6, 6.07) is 9.91. The van der Waals surface area contributed by atoms with Crippen LogP contribution in [0.25, 0.3) is 11.3 Å². The average molecular weight is 357 g/mol. The molecule has 0 aliphatic carbocycles. The lowest BCUT2D eigenvalue weighted by Crippen LogP contribution is -2.49. The Kier molecular flexibility index (Phi) is 4.72. The third kappa shape index (κ3) is 3.70. The minimum Gasteiger partial charge on any atom is -0.449 e. The molecule has 3 aliphatic heterocycles. The van der Waals surface area contributed by atoms with Crippen LogP contribution in [0.5, 0.6) is 0 Å². The molecular weight excluding hydrogens is 334 g/mol. The van der Waals surface area contributed by atoms with E-state index in [1.54, 1.807) is 0 Å². The second-order valence-electron chi connectivity index (χ2n) is 6.90. The molecule has 132 valence electrons. The maximum atomic E-state index is 12.3. The maximum Gasteiger partial charge on any atom is 0.412 e. The largest absolute Gasteiger partial charge is 0.449 e. The van der Waals surface area contributed by atoms with Crippen LogP contribution in [0.2, 0.25) is 0 Å². The van der Waals surface area contributed by atoms with Gasteiger partial charge in [-0.3, -0.25) is 5.32 Å². The zero-order valence-corrected chi connectivity index (χ0v) is 15.2. The van der Waals surface area contributed by atoms with Crippen molar-refractivity contribution in [3.63, 3.8) is 0 Å². The Labute approximate surface area is 152 Å². The SMILES string of the molecule is Cc1nc(-c2ccccc2)c(NC(=O)OCC2CN3CCC2CC3)s1. The van der Waals surface area contributed by atoms with Crippen LogP contribution in [0.3, 0.4) is 0 Å². The Morgan fingerprint density at radius 1 is 1.32 bits per heavy atom. The van der Waals surface area contributed by atoms with E-state index in [9.17, 15) is 4.79 Å². The van der Waals surface area contributed by atoms with Crippen LogP contribution in [0, 0.1) is 18.8 Å². The second-order valence-corrected chi connectivity index (χ2v) is 8.10. The van der Waals surface area contributed by atoms with Gasteiger partial charge in [-0.15, -0.1) is 11.3 Å². The molecule has 1 N–H and O–H groups in total. The summed E-state index contributed by atoms with van der Waals surface area (Å²) in [5.74, 6) is 1.19. The first kappa shape index (κ1) is 16.5. The number of rotatable bonds is 4. The Morgan fingerprint density at radius 3 is 2.76 bits per heavy atom. The van der Waals surface area contributed by atoms with Crippen molar-refractivity contribution >= 4 is 22.4 Å². The molecular formula is C19H23N3O2S. The van der Waals surface area contributed by atoms with Gasteiger partial charge in [-0.25, -0.2) is 9.78 Å². The van der Waals surface area contributed by atoms with Crippen LogP contribution in [0.15, 0.2) is 30.3 Å². The summed E-state index contributed by atoms with van der Waals surface area (Å²) in [5, 5.41) is 4.57. The van der Waals surface area contributed by atoms with Gasteiger partial charge in [0.15, 0.2) is 0 Å². The number of benzene rings is 1. The highest BCUT2D eigenvalue weighted by Crippen LogP contribution is 2.34. The Balaban J connectivity index is 1.38. The van der Waals surface area contributed by atoms with Crippen molar-refractivity contribution < 1.29 is 9.53 Å². The van der Waals surface area contributed by atoms with E-state index in [1.807, 2.05) is 37.3 Å². The van der Waals surface area contributed by atoms with Gasteiger partial charge >= 0.3 is 6.09 Å². The zero-order valence-electron chi connectivity index (χ0n) is 14.4. The van der Waals surface area contributed by atoms with E-state index in [0.717, 1.165) is 27.8 Å². The van der Waals surface area contributed by atoms with Crippen molar-refractivity contribution in [1.82, 2.24) is 9.88 Å².